The number of aromatic nitrogens is 2. The number of hydrogen-bond donors (Lipinski definition) is 1. The molecule has 1 aromatic heterocycles. The van der Waals surface area contributed by atoms with E-state index in [1.807, 2.05) is 25.1 Å². The molecule has 0 aliphatic heterocycles. The zero-order valence-electron chi connectivity index (χ0n) is 13.0. The maximum absolute atomic E-state index is 12.6. The van der Waals surface area contributed by atoms with Crippen molar-refractivity contribution in [1.82, 2.24) is 14.9 Å². The van der Waals surface area contributed by atoms with E-state index < -0.39 is 0 Å². The highest BCUT2D eigenvalue weighted by atomic mass is 32.2. The van der Waals surface area contributed by atoms with Gasteiger partial charge in [-0.2, -0.15) is 0 Å². The third kappa shape index (κ3) is 3.47. The highest BCUT2D eigenvalue weighted by Crippen LogP contribution is 2.24. The van der Waals surface area contributed by atoms with E-state index in [2.05, 4.69) is 16.9 Å². The lowest BCUT2D eigenvalue weighted by atomic mass is 10.2. The lowest BCUT2D eigenvalue weighted by Crippen LogP contribution is -2.33. The average Bonchev–Trinajstić information content (AvgIpc) is 3.35. The molecule has 1 amide bonds. The van der Waals surface area contributed by atoms with E-state index in [1.54, 1.807) is 16.7 Å². The van der Waals surface area contributed by atoms with Crippen LogP contribution in [0.15, 0.2) is 46.9 Å². The number of nitrogens with one attached hydrogen (secondary N) is 1. The van der Waals surface area contributed by atoms with Crippen LogP contribution in [0.5, 0.6) is 0 Å². The average molecular weight is 329 g/mol. The van der Waals surface area contributed by atoms with Crippen molar-refractivity contribution in [3.05, 3.63) is 47.3 Å². The largest absolute Gasteiger partial charge is 0.352 e. The Hall–Kier alpha value is -2.08. The highest BCUT2D eigenvalue weighted by Gasteiger charge is 2.26. The second kappa shape index (κ2) is 6.58. The van der Waals surface area contributed by atoms with Crippen molar-refractivity contribution in [3.8, 4) is 0 Å². The van der Waals surface area contributed by atoms with Crippen molar-refractivity contribution in [2.45, 2.75) is 42.8 Å². The number of thioether (sulfide) groups is 1. The Morgan fingerprint density at radius 2 is 2.26 bits per heavy atom. The first-order chi connectivity index (χ1) is 11.1. The van der Waals surface area contributed by atoms with Crippen LogP contribution in [-0.2, 0) is 11.3 Å². The molecule has 0 saturated heterocycles. The SMILES string of the molecule is C=CCn1c(SC(C)C(=O)NC2CC2)nc2ccccc2c1=O. The standard InChI is InChI=1S/C17H19N3O2S/c1-3-10-20-16(22)13-6-4-5-7-14(13)19-17(20)23-11(2)15(21)18-12-8-9-12/h3-7,11-12H,1,8-10H2,2H3,(H,18,21). The minimum atomic E-state index is -0.306. The number of carbonyl (C=O) groups is 1. The molecule has 0 radical (unpaired) electrons. The van der Waals surface area contributed by atoms with Crippen LogP contribution < -0.4 is 10.9 Å². The zero-order chi connectivity index (χ0) is 16.4. The number of rotatable bonds is 6. The normalized spacial score (nSPS) is 15.3. The topological polar surface area (TPSA) is 64.0 Å². The summed E-state index contributed by atoms with van der Waals surface area (Å²) < 4.78 is 1.57. The van der Waals surface area contributed by atoms with Crippen LogP contribution in [0.25, 0.3) is 10.9 Å². The molecule has 1 atom stereocenters. The van der Waals surface area contributed by atoms with Gasteiger partial charge in [-0.1, -0.05) is 30.0 Å². The van der Waals surface area contributed by atoms with E-state index in [0.29, 0.717) is 28.6 Å². The summed E-state index contributed by atoms with van der Waals surface area (Å²) in [6.07, 6.45) is 3.77. The van der Waals surface area contributed by atoms with Gasteiger partial charge >= 0.3 is 0 Å². The summed E-state index contributed by atoms with van der Waals surface area (Å²) in [6, 6.07) is 7.58. The molecule has 1 heterocycles. The zero-order valence-corrected chi connectivity index (χ0v) is 13.8. The number of para-hydroxylation sites is 1. The number of carbonyl (C=O) groups excluding carboxylic acids is 1. The van der Waals surface area contributed by atoms with Gasteiger partial charge in [-0.25, -0.2) is 4.98 Å². The summed E-state index contributed by atoms with van der Waals surface area (Å²) in [5.74, 6) is -0.00920. The predicted octanol–water partition coefficient (Wildman–Crippen LogP) is 2.34. The van der Waals surface area contributed by atoms with Gasteiger partial charge in [-0.15, -0.1) is 6.58 Å². The Bertz CT molecular complexity index is 811. The van der Waals surface area contributed by atoms with Crippen LogP contribution in [-0.4, -0.2) is 26.8 Å². The Morgan fingerprint density at radius 3 is 2.96 bits per heavy atom. The quantitative estimate of drug-likeness (QED) is 0.502. The van der Waals surface area contributed by atoms with Gasteiger partial charge in [-0.3, -0.25) is 14.2 Å². The predicted molar refractivity (Wildman–Crippen MR) is 92.7 cm³/mol. The summed E-state index contributed by atoms with van der Waals surface area (Å²) >= 11 is 1.31. The minimum Gasteiger partial charge on any atom is -0.352 e. The molecule has 6 heteroatoms. The third-order valence-electron chi connectivity index (χ3n) is 3.71. The van der Waals surface area contributed by atoms with Gasteiger partial charge in [0, 0.05) is 12.6 Å². The lowest BCUT2D eigenvalue weighted by Gasteiger charge is -2.15. The van der Waals surface area contributed by atoms with E-state index in [-0.39, 0.29) is 16.7 Å². The van der Waals surface area contributed by atoms with Crippen molar-refractivity contribution < 1.29 is 4.79 Å². The summed E-state index contributed by atoms with van der Waals surface area (Å²) in [7, 11) is 0. The van der Waals surface area contributed by atoms with Crippen molar-refractivity contribution >= 4 is 28.6 Å². The van der Waals surface area contributed by atoms with E-state index >= 15 is 0 Å². The molecular formula is C17H19N3O2S. The molecule has 1 unspecified atom stereocenters. The maximum Gasteiger partial charge on any atom is 0.262 e. The van der Waals surface area contributed by atoms with E-state index in [9.17, 15) is 9.59 Å². The third-order valence-corrected chi connectivity index (χ3v) is 4.80. The molecule has 2 aromatic rings. The fraction of sp³-hybridized carbons (Fsp3) is 0.353. The molecule has 120 valence electrons. The molecular weight excluding hydrogens is 310 g/mol. The van der Waals surface area contributed by atoms with E-state index in [4.69, 9.17) is 0 Å². The molecule has 1 N–H and O–H groups in total. The molecule has 1 fully saturated rings. The van der Waals surface area contributed by atoms with E-state index in [1.165, 1.54) is 11.8 Å². The van der Waals surface area contributed by atoms with Gasteiger partial charge in [0.05, 0.1) is 16.2 Å². The van der Waals surface area contributed by atoms with Crippen LogP contribution >= 0.6 is 11.8 Å². The van der Waals surface area contributed by atoms with Gasteiger partial charge in [0.15, 0.2) is 5.16 Å². The number of benzene rings is 1. The van der Waals surface area contributed by atoms with Gasteiger partial charge in [0.25, 0.3) is 5.56 Å². The number of amides is 1. The van der Waals surface area contributed by atoms with Gasteiger partial charge < -0.3 is 5.32 Å². The van der Waals surface area contributed by atoms with Crippen molar-refractivity contribution in [1.29, 1.82) is 0 Å². The van der Waals surface area contributed by atoms with E-state index in [0.717, 1.165) is 12.8 Å². The fourth-order valence-electron chi connectivity index (χ4n) is 2.29. The molecule has 23 heavy (non-hydrogen) atoms. The fourth-order valence-corrected chi connectivity index (χ4v) is 3.21. The summed E-state index contributed by atoms with van der Waals surface area (Å²) in [4.78, 5) is 29.4. The number of fused-ring (bicyclic) bond motifs is 1. The van der Waals surface area contributed by atoms with Gasteiger partial charge in [0.1, 0.15) is 0 Å². The molecule has 1 aromatic carbocycles. The first-order valence-corrected chi connectivity index (χ1v) is 8.55. The monoisotopic (exact) mass is 329 g/mol. The Morgan fingerprint density at radius 1 is 1.52 bits per heavy atom. The number of allylic oxidation sites excluding steroid dienone is 1. The molecule has 3 rings (SSSR count). The van der Waals surface area contributed by atoms with Crippen LogP contribution in [0, 0.1) is 0 Å². The van der Waals surface area contributed by atoms with Crippen molar-refractivity contribution in [2.75, 3.05) is 0 Å². The van der Waals surface area contributed by atoms with Gasteiger partial charge in [-0.05, 0) is 31.9 Å². The lowest BCUT2D eigenvalue weighted by molar-refractivity contribution is -0.120. The summed E-state index contributed by atoms with van der Waals surface area (Å²) in [5, 5.41) is 3.80. The van der Waals surface area contributed by atoms with Crippen molar-refractivity contribution in [3.63, 3.8) is 0 Å². The van der Waals surface area contributed by atoms with Crippen molar-refractivity contribution in [2.24, 2.45) is 0 Å². The molecule has 0 spiro atoms. The smallest absolute Gasteiger partial charge is 0.262 e. The summed E-state index contributed by atoms with van der Waals surface area (Å²) in [5.41, 5.74) is 0.544. The Kier molecular flexibility index (Phi) is 4.52. The van der Waals surface area contributed by atoms with Crippen LogP contribution in [0.1, 0.15) is 19.8 Å². The molecule has 5 nitrogen and oxygen atoms in total. The van der Waals surface area contributed by atoms with Gasteiger partial charge in [0.2, 0.25) is 5.91 Å². The number of hydrogen-bond acceptors (Lipinski definition) is 4. The van der Waals surface area contributed by atoms with Crippen LogP contribution in [0.4, 0.5) is 0 Å². The second-order valence-corrected chi connectivity index (χ2v) is 6.97. The Labute approximate surface area is 138 Å². The first kappa shape index (κ1) is 15.8. The van der Waals surface area contributed by atoms with Crippen LogP contribution in [0.3, 0.4) is 0 Å². The Balaban J connectivity index is 1.94. The summed E-state index contributed by atoms with van der Waals surface area (Å²) in [6.45, 7) is 5.91. The second-order valence-electron chi connectivity index (χ2n) is 5.66. The molecule has 1 aliphatic carbocycles. The minimum absolute atomic E-state index is 0.00920. The van der Waals surface area contributed by atoms with Crippen LogP contribution in [0.2, 0.25) is 0 Å². The first-order valence-electron chi connectivity index (χ1n) is 7.67. The molecule has 0 bridgehead atoms. The molecule has 1 aliphatic rings. The highest BCUT2D eigenvalue weighted by molar-refractivity contribution is 8.00. The molecule has 1 saturated carbocycles. The number of nitrogens with zero attached hydrogens (tertiary/aromatic N) is 2. The maximum atomic E-state index is 12.6.